The maximum atomic E-state index is 12.9. The van der Waals surface area contributed by atoms with Crippen molar-refractivity contribution in [1.82, 2.24) is 9.21 Å². The summed E-state index contributed by atoms with van der Waals surface area (Å²) in [6.07, 6.45) is 1.38. The van der Waals surface area contributed by atoms with Gasteiger partial charge < -0.3 is 19.3 Å². The Hall–Kier alpha value is -1.33. The van der Waals surface area contributed by atoms with Crippen molar-refractivity contribution < 1.29 is 22.7 Å². The van der Waals surface area contributed by atoms with Crippen molar-refractivity contribution >= 4 is 33.4 Å². The minimum Gasteiger partial charge on any atom is -0.360 e. The minimum atomic E-state index is -3.52. The summed E-state index contributed by atoms with van der Waals surface area (Å²) in [6, 6.07) is 5.17. The largest absolute Gasteiger partial charge is 0.360 e. The summed E-state index contributed by atoms with van der Waals surface area (Å²) in [5, 5.41) is 0. The van der Waals surface area contributed by atoms with Gasteiger partial charge in [-0.25, -0.2) is 12.7 Å². The van der Waals surface area contributed by atoms with Crippen LogP contribution in [0.5, 0.6) is 0 Å². The predicted octanol–water partition coefficient (Wildman–Crippen LogP) is 1.21. The van der Waals surface area contributed by atoms with Crippen LogP contribution < -0.4 is 4.90 Å². The highest BCUT2D eigenvalue weighted by Crippen LogP contribution is 2.37. The van der Waals surface area contributed by atoms with E-state index in [-0.39, 0.29) is 17.3 Å². The van der Waals surface area contributed by atoms with Crippen molar-refractivity contribution in [3.05, 3.63) is 18.2 Å². The summed E-state index contributed by atoms with van der Waals surface area (Å²) in [5.74, 6) is 0.419. The zero-order valence-electron chi connectivity index (χ0n) is 16.8. The molecule has 3 aliphatic rings. The molecule has 4 rings (SSSR count). The van der Waals surface area contributed by atoms with Crippen LogP contribution in [0, 0.1) is 0 Å². The van der Waals surface area contributed by atoms with E-state index in [0.29, 0.717) is 45.7 Å². The van der Waals surface area contributed by atoms with E-state index in [1.165, 1.54) is 18.4 Å². The molecule has 10 heteroatoms. The fourth-order valence-electron chi connectivity index (χ4n) is 3.93. The Morgan fingerprint density at radius 2 is 1.86 bits per heavy atom. The highest BCUT2D eigenvalue weighted by Gasteiger charge is 2.41. The maximum Gasteiger partial charge on any atom is 0.242 e. The van der Waals surface area contributed by atoms with Crippen LogP contribution in [0.15, 0.2) is 28.0 Å². The van der Waals surface area contributed by atoms with Crippen LogP contribution >= 0.6 is 11.8 Å². The third-order valence-corrected chi connectivity index (χ3v) is 8.54. The molecular formula is C19H27N3O5S2. The molecule has 0 N–H and O–H groups in total. The number of anilines is 1. The van der Waals surface area contributed by atoms with E-state index in [2.05, 4.69) is 0 Å². The van der Waals surface area contributed by atoms with Crippen LogP contribution in [0.2, 0.25) is 0 Å². The molecule has 1 aromatic carbocycles. The molecule has 160 valence electrons. The van der Waals surface area contributed by atoms with Gasteiger partial charge in [0.05, 0.1) is 30.3 Å². The molecule has 3 aliphatic heterocycles. The van der Waals surface area contributed by atoms with E-state index >= 15 is 0 Å². The van der Waals surface area contributed by atoms with E-state index in [4.69, 9.17) is 9.47 Å². The first-order chi connectivity index (χ1) is 13.8. The van der Waals surface area contributed by atoms with Gasteiger partial charge in [-0.15, -0.1) is 11.8 Å². The molecule has 0 unspecified atom stereocenters. The van der Waals surface area contributed by atoms with Gasteiger partial charge >= 0.3 is 0 Å². The zero-order chi connectivity index (χ0) is 20.6. The lowest BCUT2D eigenvalue weighted by atomic mass is 10.0. The molecule has 0 saturated carbocycles. The Bertz CT molecular complexity index is 874. The van der Waals surface area contributed by atoms with Gasteiger partial charge in [0.25, 0.3) is 0 Å². The summed E-state index contributed by atoms with van der Waals surface area (Å²) in [5.41, 5.74) is 0.813. The number of ether oxygens (including phenoxy) is 2. The summed E-state index contributed by atoms with van der Waals surface area (Å²) in [7, 11) is -0.482. The number of amides is 1. The van der Waals surface area contributed by atoms with Crippen molar-refractivity contribution in [2.45, 2.75) is 28.4 Å². The molecule has 3 heterocycles. The molecule has 1 spiro atoms. The standard InChI is InChI=1S/C19H27N3O5S2/c1-20(2)29(24,25)15-3-4-17-16(13-15)22(9-12-28-17)14-18(23)21-7-5-19(6-8-21)26-10-11-27-19/h3-4,13H,5-12,14H2,1-2H3. The molecule has 29 heavy (non-hydrogen) atoms. The van der Waals surface area contributed by atoms with Gasteiger partial charge in [0.1, 0.15) is 0 Å². The molecular weight excluding hydrogens is 414 g/mol. The van der Waals surface area contributed by atoms with Crippen molar-refractivity contribution in [2.75, 3.05) is 64.1 Å². The van der Waals surface area contributed by atoms with E-state index in [9.17, 15) is 13.2 Å². The number of fused-ring (bicyclic) bond motifs is 1. The second-order valence-electron chi connectivity index (χ2n) is 7.68. The second-order valence-corrected chi connectivity index (χ2v) is 11.0. The highest BCUT2D eigenvalue weighted by atomic mass is 32.2. The summed E-state index contributed by atoms with van der Waals surface area (Å²) in [6.45, 7) is 3.42. The number of hydrogen-bond donors (Lipinski definition) is 0. The van der Waals surface area contributed by atoms with Crippen LogP contribution in [0.1, 0.15) is 12.8 Å². The Balaban J connectivity index is 1.47. The fourth-order valence-corrected chi connectivity index (χ4v) is 5.89. The normalized spacial score (nSPS) is 21.6. The van der Waals surface area contributed by atoms with Gasteiger partial charge in [-0.1, -0.05) is 0 Å². The van der Waals surface area contributed by atoms with Gasteiger partial charge in [-0.05, 0) is 18.2 Å². The molecule has 0 atom stereocenters. The van der Waals surface area contributed by atoms with Gasteiger partial charge in [0, 0.05) is 57.2 Å². The first kappa shape index (κ1) is 20.9. The molecule has 0 aliphatic carbocycles. The zero-order valence-corrected chi connectivity index (χ0v) is 18.4. The number of rotatable bonds is 4. The van der Waals surface area contributed by atoms with Crippen molar-refractivity contribution in [2.24, 2.45) is 0 Å². The van der Waals surface area contributed by atoms with Gasteiger partial charge in [-0.3, -0.25) is 4.79 Å². The molecule has 1 aromatic rings. The van der Waals surface area contributed by atoms with Gasteiger partial charge in [0.2, 0.25) is 15.9 Å². The number of thioether (sulfide) groups is 1. The molecule has 0 bridgehead atoms. The number of carbonyl (C=O) groups excluding carboxylic acids is 1. The van der Waals surface area contributed by atoms with Crippen molar-refractivity contribution in [3.63, 3.8) is 0 Å². The fraction of sp³-hybridized carbons (Fsp3) is 0.632. The molecule has 0 radical (unpaired) electrons. The number of likely N-dealkylation sites (tertiary alicyclic amines) is 1. The lowest BCUT2D eigenvalue weighted by Gasteiger charge is -2.39. The van der Waals surface area contributed by atoms with Gasteiger partial charge in [0.15, 0.2) is 5.79 Å². The number of nitrogens with zero attached hydrogens (tertiary/aromatic N) is 3. The van der Waals surface area contributed by atoms with Crippen LogP contribution in [-0.2, 0) is 24.3 Å². The third-order valence-electron chi connectivity index (χ3n) is 5.69. The Kier molecular flexibility index (Phi) is 5.82. The molecule has 2 saturated heterocycles. The molecule has 1 amide bonds. The number of hydrogen-bond acceptors (Lipinski definition) is 7. The highest BCUT2D eigenvalue weighted by molar-refractivity contribution is 7.99. The number of benzene rings is 1. The lowest BCUT2D eigenvalue weighted by molar-refractivity contribution is -0.187. The second kappa shape index (κ2) is 8.07. The van der Waals surface area contributed by atoms with Crippen LogP contribution in [-0.4, -0.2) is 88.6 Å². The SMILES string of the molecule is CN(C)S(=O)(=O)c1ccc2c(c1)N(CC(=O)N1CCC3(CC1)OCCO3)CCS2. The van der Waals surface area contributed by atoms with Crippen molar-refractivity contribution in [3.8, 4) is 0 Å². The quantitative estimate of drug-likeness (QED) is 0.695. The van der Waals surface area contributed by atoms with Gasteiger partial charge in [-0.2, -0.15) is 0 Å². The smallest absolute Gasteiger partial charge is 0.242 e. The number of piperidine rings is 1. The van der Waals surface area contributed by atoms with E-state index < -0.39 is 15.8 Å². The lowest BCUT2D eigenvalue weighted by Crippen LogP contribution is -2.50. The topological polar surface area (TPSA) is 79.4 Å². The van der Waals surface area contributed by atoms with Crippen LogP contribution in [0.25, 0.3) is 0 Å². The molecule has 2 fully saturated rings. The number of carbonyl (C=O) groups is 1. The monoisotopic (exact) mass is 441 g/mol. The van der Waals surface area contributed by atoms with Crippen molar-refractivity contribution in [1.29, 1.82) is 0 Å². The Morgan fingerprint density at radius 1 is 1.17 bits per heavy atom. The van der Waals surface area contributed by atoms with E-state index in [0.717, 1.165) is 16.3 Å². The average Bonchev–Trinajstić information content (AvgIpc) is 3.16. The first-order valence-corrected chi connectivity index (χ1v) is 12.2. The average molecular weight is 442 g/mol. The number of sulfonamides is 1. The summed E-state index contributed by atoms with van der Waals surface area (Å²) in [4.78, 5) is 18.0. The van der Waals surface area contributed by atoms with Crippen LogP contribution in [0.4, 0.5) is 5.69 Å². The maximum absolute atomic E-state index is 12.9. The minimum absolute atomic E-state index is 0.0524. The van der Waals surface area contributed by atoms with E-state index in [1.807, 2.05) is 15.9 Å². The molecule has 8 nitrogen and oxygen atoms in total. The van der Waals surface area contributed by atoms with E-state index in [1.54, 1.807) is 23.9 Å². The first-order valence-electron chi connectivity index (χ1n) is 9.81. The Morgan fingerprint density at radius 3 is 2.52 bits per heavy atom. The summed E-state index contributed by atoms with van der Waals surface area (Å²) < 4.78 is 37.7. The predicted molar refractivity (Wildman–Crippen MR) is 111 cm³/mol. The third kappa shape index (κ3) is 4.13. The Labute approximate surface area is 176 Å². The van der Waals surface area contributed by atoms with Crippen LogP contribution in [0.3, 0.4) is 0 Å². The summed E-state index contributed by atoms with van der Waals surface area (Å²) >= 11 is 1.69. The molecule has 0 aromatic heterocycles.